The first-order valence-corrected chi connectivity index (χ1v) is 4.72. The first kappa shape index (κ1) is 7.51. The molecule has 1 heterocycles. The third kappa shape index (κ3) is 0.805. The molecule has 0 amide bonds. The van der Waals surface area contributed by atoms with Crippen molar-refractivity contribution in [2.24, 2.45) is 0 Å². The lowest BCUT2D eigenvalue weighted by Gasteiger charge is -2.33. The van der Waals surface area contributed by atoms with Crippen LogP contribution >= 0.6 is 0 Å². The molecule has 4 nitrogen and oxygen atoms in total. The van der Waals surface area contributed by atoms with Crippen molar-refractivity contribution in [2.75, 3.05) is 19.3 Å². The SMILES string of the molecule is CS(=O)(=O)C1(C#N)CNC1. The van der Waals surface area contributed by atoms with Crippen LogP contribution in [0.1, 0.15) is 0 Å². The molecule has 1 N–H and O–H groups in total. The molecule has 1 rings (SSSR count). The summed E-state index contributed by atoms with van der Waals surface area (Å²) in [6.45, 7) is 0.532. The zero-order valence-corrected chi connectivity index (χ0v) is 6.40. The van der Waals surface area contributed by atoms with E-state index in [1.165, 1.54) is 0 Å². The minimum Gasteiger partial charge on any atom is -0.311 e. The normalized spacial score (nSPS) is 22.8. The molecule has 0 unspecified atom stereocenters. The molecule has 1 aliphatic rings. The van der Waals surface area contributed by atoms with E-state index in [9.17, 15) is 8.42 Å². The van der Waals surface area contributed by atoms with E-state index < -0.39 is 14.6 Å². The van der Waals surface area contributed by atoms with E-state index in [4.69, 9.17) is 5.26 Å². The average Bonchev–Trinajstić information content (AvgIpc) is 1.58. The Morgan fingerprint density at radius 2 is 2.10 bits per heavy atom. The molecule has 1 fully saturated rings. The van der Waals surface area contributed by atoms with Gasteiger partial charge in [0.1, 0.15) is 0 Å². The van der Waals surface area contributed by atoms with E-state index in [-0.39, 0.29) is 13.1 Å². The van der Waals surface area contributed by atoms with Crippen LogP contribution in [0.15, 0.2) is 0 Å². The Kier molecular flexibility index (Phi) is 1.46. The fraction of sp³-hybridized carbons (Fsp3) is 0.800. The van der Waals surface area contributed by atoms with Crippen LogP contribution in [0.4, 0.5) is 0 Å². The van der Waals surface area contributed by atoms with Crippen LogP contribution in [-0.2, 0) is 9.84 Å². The highest BCUT2D eigenvalue weighted by atomic mass is 32.2. The highest BCUT2D eigenvalue weighted by Gasteiger charge is 2.46. The van der Waals surface area contributed by atoms with Crippen LogP contribution in [0.3, 0.4) is 0 Å². The van der Waals surface area contributed by atoms with Gasteiger partial charge in [-0.15, -0.1) is 0 Å². The van der Waals surface area contributed by atoms with Crippen molar-refractivity contribution < 1.29 is 8.42 Å². The molecule has 1 saturated heterocycles. The van der Waals surface area contributed by atoms with Gasteiger partial charge in [-0.1, -0.05) is 0 Å². The molecule has 0 aliphatic carbocycles. The number of hydrogen-bond acceptors (Lipinski definition) is 4. The van der Waals surface area contributed by atoms with E-state index in [1.54, 1.807) is 6.07 Å². The molecule has 0 aromatic rings. The Morgan fingerprint density at radius 3 is 2.10 bits per heavy atom. The number of sulfone groups is 1. The fourth-order valence-corrected chi connectivity index (χ4v) is 1.67. The summed E-state index contributed by atoms with van der Waals surface area (Å²) in [4.78, 5) is 0. The summed E-state index contributed by atoms with van der Waals surface area (Å²) in [6, 6.07) is 1.80. The summed E-state index contributed by atoms with van der Waals surface area (Å²) in [5.41, 5.74) is 0. The Bertz CT molecular complexity index is 271. The molecular formula is C5H8N2O2S. The van der Waals surface area contributed by atoms with Crippen LogP contribution in [0, 0.1) is 11.3 Å². The van der Waals surface area contributed by atoms with Gasteiger partial charge in [0.2, 0.25) is 0 Å². The number of nitrogens with one attached hydrogen (secondary N) is 1. The minimum absolute atomic E-state index is 0.266. The lowest BCUT2D eigenvalue weighted by Crippen LogP contribution is -2.62. The monoisotopic (exact) mass is 160 g/mol. The van der Waals surface area contributed by atoms with Gasteiger partial charge in [-0.2, -0.15) is 5.26 Å². The Hall–Kier alpha value is -0.600. The second-order valence-electron chi connectivity index (χ2n) is 2.48. The Labute approximate surface area is 59.8 Å². The van der Waals surface area contributed by atoms with Crippen molar-refractivity contribution in [1.29, 1.82) is 5.26 Å². The molecule has 1 aliphatic heterocycles. The second kappa shape index (κ2) is 1.94. The molecule has 0 saturated carbocycles. The quantitative estimate of drug-likeness (QED) is 0.528. The third-order valence-electron chi connectivity index (χ3n) is 1.73. The summed E-state index contributed by atoms with van der Waals surface area (Å²) >= 11 is 0. The van der Waals surface area contributed by atoms with Crippen molar-refractivity contribution in [3.05, 3.63) is 0 Å². The van der Waals surface area contributed by atoms with Gasteiger partial charge in [0.15, 0.2) is 14.6 Å². The molecule has 5 heteroatoms. The molecule has 0 atom stereocenters. The Balaban J connectivity index is 3.00. The second-order valence-corrected chi connectivity index (χ2v) is 4.81. The largest absolute Gasteiger partial charge is 0.311 e. The molecule has 0 spiro atoms. The van der Waals surface area contributed by atoms with Crippen LogP contribution < -0.4 is 5.32 Å². The van der Waals surface area contributed by atoms with Crippen molar-refractivity contribution >= 4 is 9.84 Å². The van der Waals surface area contributed by atoms with Crippen LogP contribution in [-0.4, -0.2) is 32.5 Å². The predicted octanol–water partition coefficient (Wildman–Crippen LogP) is -1.10. The van der Waals surface area contributed by atoms with Gasteiger partial charge in [0.05, 0.1) is 6.07 Å². The number of nitrogens with zero attached hydrogens (tertiary/aromatic N) is 1. The van der Waals surface area contributed by atoms with Gasteiger partial charge < -0.3 is 5.32 Å². The van der Waals surface area contributed by atoms with Crippen molar-refractivity contribution in [3.63, 3.8) is 0 Å². The molecule has 0 bridgehead atoms. The molecule has 0 aromatic carbocycles. The lowest BCUT2D eigenvalue weighted by atomic mass is 10.1. The third-order valence-corrected chi connectivity index (χ3v) is 3.53. The standard InChI is InChI=1S/C5H8N2O2S/c1-10(8,9)5(2-6)3-7-4-5/h7H,3-4H2,1H3. The van der Waals surface area contributed by atoms with Crippen LogP contribution in [0.2, 0.25) is 0 Å². The van der Waals surface area contributed by atoms with Gasteiger partial charge in [-0.05, 0) is 0 Å². The van der Waals surface area contributed by atoms with Crippen molar-refractivity contribution in [3.8, 4) is 6.07 Å². The fourth-order valence-electron chi connectivity index (χ4n) is 0.776. The molecule has 0 aromatic heterocycles. The zero-order chi connectivity index (χ0) is 7.83. The lowest BCUT2D eigenvalue weighted by molar-refractivity contribution is 0.434. The van der Waals surface area contributed by atoms with Crippen LogP contribution in [0.25, 0.3) is 0 Å². The number of nitriles is 1. The van der Waals surface area contributed by atoms with Crippen molar-refractivity contribution in [1.82, 2.24) is 5.32 Å². The highest BCUT2D eigenvalue weighted by molar-refractivity contribution is 7.92. The molecule has 56 valence electrons. The molecule has 10 heavy (non-hydrogen) atoms. The maximum absolute atomic E-state index is 10.9. The molecule has 0 radical (unpaired) electrons. The first-order valence-electron chi connectivity index (χ1n) is 2.83. The van der Waals surface area contributed by atoms with Gasteiger partial charge in [-0.25, -0.2) is 8.42 Å². The van der Waals surface area contributed by atoms with Gasteiger partial charge in [0.25, 0.3) is 0 Å². The summed E-state index contributed by atoms with van der Waals surface area (Å²) in [5.74, 6) is 0. The van der Waals surface area contributed by atoms with Gasteiger partial charge in [0, 0.05) is 19.3 Å². The number of hydrogen-bond donors (Lipinski definition) is 1. The van der Waals surface area contributed by atoms with E-state index in [0.29, 0.717) is 0 Å². The summed E-state index contributed by atoms with van der Waals surface area (Å²) in [6.07, 6.45) is 1.09. The summed E-state index contributed by atoms with van der Waals surface area (Å²) in [5, 5.41) is 11.3. The smallest absolute Gasteiger partial charge is 0.182 e. The average molecular weight is 160 g/mol. The maximum atomic E-state index is 10.9. The van der Waals surface area contributed by atoms with Gasteiger partial charge in [-0.3, -0.25) is 0 Å². The van der Waals surface area contributed by atoms with E-state index >= 15 is 0 Å². The minimum atomic E-state index is -3.20. The zero-order valence-electron chi connectivity index (χ0n) is 5.59. The maximum Gasteiger partial charge on any atom is 0.182 e. The highest BCUT2D eigenvalue weighted by Crippen LogP contribution is 2.19. The van der Waals surface area contributed by atoms with E-state index in [0.717, 1.165) is 6.26 Å². The topological polar surface area (TPSA) is 70.0 Å². The summed E-state index contributed by atoms with van der Waals surface area (Å²) < 4.78 is 20.7. The molecular weight excluding hydrogens is 152 g/mol. The summed E-state index contributed by atoms with van der Waals surface area (Å²) in [7, 11) is -3.20. The van der Waals surface area contributed by atoms with E-state index in [1.807, 2.05) is 0 Å². The van der Waals surface area contributed by atoms with Crippen LogP contribution in [0.5, 0.6) is 0 Å². The van der Waals surface area contributed by atoms with Gasteiger partial charge >= 0.3 is 0 Å². The first-order chi connectivity index (χ1) is 4.52. The number of rotatable bonds is 1. The predicted molar refractivity (Wildman–Crippen MR) is 36.1 cm³/mol. The Morgan fingerprint density at radius 1 is 1.60 bits per heavy atom. The van der Waals surface area contributed by atoms with Crippen molar-refractivity contribution in [2.45, 2.75) is 4.75 Å². The van der Waals surface area contributed by atoms with E-state index in [2.05, 4.69) is 5.32 Å².